The van der Waals surface area contributed by atoms with Crippen molar-refractivity contribution in [2.75, 3.05) is 13.1 Å². The lowest BCUT2D eigenvalue weighted by molar-refractivity contribution is -0.0605. The Morgan fingerprint density at radius 3 is 2.65 bits per heavy atom. The number of rotatable bonds is 2. The predicted octanol–water partition coefficient (Wildman–Crippen LogP) is 2.99. The maximum Gasteiger partial charge on any atom is 0.0956 e. The van der Waals surface area contributed by atoms with Crippen LogP contribution in [0.2, 0.25) is 0 Å². The summed E-state index contributed by atoms with van der Waals surface area (Å²) in [4.78, 5) is 0. The van der Waals surface area contributed by atoms with Crippen molar-refractivity contribution >= 4 is 0 Å². The lowest BCUT2D eigenvalue weighted by Crippen LogP contribution is -2.43. The van der Waals surface area contributed by atoms with Crippen LogP contribution in [0.3, 0.4) is 0 Å². The number of benzene rings is 1. The van der Waals surface area contributed by atoms with Gasteiger partial charge in [-0.05, 0) is 30.9 Å². The van der Waals surface area contributed by atoms with Crippen LogP contribution in [0.5, 0.6) is 0 Å². The van der Waals surface area contributed by atoms with Gasteiger partial charge in [0, 0.05) is 13.1 Å². The summed E-state index contributed by atoms with van der Waals surface area (Å²) in [6, 6.07) is 6.61. The number of ether oxygens (including phenoxy) is 1. The second-order valence-electron chi connectivity index (χ2n) is 5.43. The van der Waals surface area contributed by atoms with Crippen molar-refractivity contribution in [1.82, 2.24) is 5.32 Å². The SMILES string of the molecule is Cc1ccc(C2CNCC(C(C)C)O2)c(C)c1. The van der Waals surface area contributed by atoms with E-state index in [1.54, 1.807) is 0 Å². The van der Waals surface area contributed by atoms with Crippen LogP contribution in [0.1, 0.15) is 36.6 Å². The third-order valence-electron chi connectivity index (χ3n) is 3.53. The number of nitrogens with one attached hydrogen (secondary N) is 1. The minimum atomic E-state index is 0.205. The fourth-order valence-electron chi connectivity index (χ4n) is 2.43. The van der Waals surface area contributed by atoms with E-state index in [1.165, 1.54) is 16.7 Å². The lowest BCUT2D eigenvalue weighted by Gasteiger charge is -2.34. The van der Waals surface area contributed by atoms with Crippen molar-refractivity contribution < 1.29 is 4.74 Å². The van der Waals surface area contributed by atoms with E-state index in [-0.39, 0.29) is 6.10 Å². The first-order valence-electron chi connectivity index (χ1n) is 6.51. The van der Waals surface area contributed by atoms with E-state index < -0.39 is 0 Å². The second-order valence-corrected chi connectivity index (χ2v) is 5.43. The molecule has 1 heterocycles. The van der Waals surface area contributed by atoms with Gasteiger partial charge in [0.15, 0.2) is 0 Å². The van der Waals surface area contributed by atoms with Gasteiger partial charge < -0.3 is 10.1 Å². The van der Waals surface area contributed by atoms with Crippen LogP contribution in [0.4, 0.5) is 0 Å². The molecule has 1 aromatic rings. The molecule has 2 nitrogen and oxygen atoms in total. The minimum Gasteiger partial charge on any atom is -0.367 e. The summed E-state index contributed by atoms with van der Waals surface area (Å²) in [5.41, 5.74) is 3.98. The zero-order chi connectivity index (χ0) is 12.4. The number of morpholine rings is 1. The van der Waals surface area contributed by atoms with Crippen molar-refractivity contribution in [2.24, 2.45) is 5.92 Å². The molecular formula is C15H23NO. The molecule has 0 saturated carbocycles. The molecule has 0 spiro atoms. The van der Waals surface area contributed by atoms with Crippen LogP contribution >= 0.6 is 0 Å². The Kier molecular flexibility index (Phi) is 3.85. The number of hydrogen-bond donors (Lipinski definition) is 1. The first kappa shape index (κ1) is 12.6. The monoisotopic (exact) mass is 233 g/mol. The van der Waals surface area contributed by atoms with E-state index in [0.29, 0.717) is 12.0 Å². The van der Waals surface area contributed by atoms with Crippen LogP contribution in [0.15, 0.2) is 18.2 Å². The van der Waals surface area contributed by atoms with E-state index >= 15 is 0 Å². The molecular weight excluding hydrogens is 210 g/mol. The molecule has 1 saturated heterocycles. The summed E-state index contributed by atoms with van der Waals surface area (Å²) in [7, 11) is 0. The molecule has 94 valence electrons. The van der Waals surface area contributed by atoms with Gasteiger partial charge in [-0.2, -0.15) is 0 Å². The zero-order valence-electron chi connectivity index (χ0n) is 11.3. The Hall–Kier alpha value is -0.860. The number of hydrogen-bond acceptors (Lipinski definition) is 2. The summed E-state index contributed by atoms with van der Waals surface area (Å²) in [5.74, 6) is 0.566. The Bertz CT molecular complexity index is 387. The molecule has 0 radical (unpaired) electrons. The molecule has 0 aromatic heterocycles. The lowest BCUT2D eigenvalue weighted by atomic mass is 9.98. The molecule has 2 rings (SSSR count). The van der Waals surface area contributed by atoms with Crippen LogP contribution in [0, 0.1) is 19.8 Å². The highest BCUT2D eigenvalue weighted by molar-refractivity contribution is 5.32. The highest BCUT2D eigenvalue weighted by Crippen LogP contribution is 2.27. The van der Waals surface area contributed by atoms with Crippen LogP contribution in [0.25, 0.3) is 0 Å². The third kappa shape index (κ3) is 2.88. The summed E-state index contributed by atoms with van der Waals surface area (Å²) in [6.45, 7) is 10.6. The summed E-state index contributed by atoms with van der Waals surface area (Å²) in [5, 5.41) is 3.48. The zero-order valence-corrected chi connectivity index (χ0v) is 11.3. The van der Waals surface area contributed by atoms with Gasteiger partial charge in [-0.15, -0.1) is 0 Å². The molecule has 2 atom stereocenters. The van der Waals surface area contributed by atoms with E-state index in [2.05, 4.69) is 51.2 Å². The maximum atomic E-state index is 6.19. The van der Waals surface area contributed by atoms with E-state index in [4.69, 9.17) is 4.74 Å². The van der Waals surface area contributed by atoms with Gasteiger partial charge in [0.05, 0.1) is 12.2 Å². The fraction of sp³-hybridized carbons (Fsp3) is 0.600. The van der Waals surface area contributed by atoms with Gasteiger partial charge in [-0.25, -0.2) is 0 Å². The molecule has 0 aliphatic carbocycles. The second kappa shape index (κ2) is 5.19. The molecule has 1 aliphatic heterocycles. The van der Waals surface area contributed by atoms with Crippen molar-refractivity contribution in [3.8, 4) is 0 Å². The third-order valence-corrected chi connectivity index (χ3v) is 3.53. The van der Waals surface area contributed by atoms with Gasteiger partial charge >= 0.3 is 0 Å². The van der Waals surface area contributed by atoms with Gasteiger partial charge in [-0.1, -0.05) is 37.6 Å². The van der Waals surface area contributed by atoms with Gasteiger partial charge in [-0.3, -0.25) is 0 Å². The van der Waals surface area contributed by atoms with Crippen LogP contribution in [-0.2, 0) is 4.74 Å². The normalized spacial score (nSPS) is 25.2. The van der Waals surface area contributed by atoms with Gasteiger partial charge in [0.1, 0.15) is 0 Å². The Morgan fingerprint density at radius 2 is 2.00 bits per heavy atom. The van der Waals surface area contributed by atoms with Gasteiger partial charge in [0.2, 0.25) is 0 Å². The van der Waals surface area contributed by atoms with Crippen molar-refractivity contribution in [3.63, 3.8) is 0 Å². The summed E-state index contributed by atoms with van der Waals surface area (Å²) >= 11 is 0. The highest BCUT2D eigenvalue weighted by atomic mass is 16.5. The quantitative estimate of drug-likeness (QED) is 0.848. The number of aryl methyl sites for hydroxylation is 2. The first-order chi connectivity index (χ1) is 8.08. The highest BCUT2D eigenvalue weighted by Gasteiger charge is 2.26. The molecule has 2 heteroatoms. The average Bonchev–Trinajstić information content (AvgIpc) is 2.29. The standard InChI is InChI=1S/C15H23NO/c1-10(2)14-8-16-9-15(17-14)13-6-5-11(3)7-12(13)4/h5-7,10,14-16H,8-9H2,1-4H3. The predicted molar refractivity (Wildman–Crippen MR) is 71.2 cm³/mol. The summed E-state index contributed by atoms with van der Waals surface area (Å²) in [6.07, 6.45) is 0.534. The largest absolute Gasteiger partial charge is 0.367 e. The van der Waals surface area contributed by atoms with Crippen LogP contribution < -0.4 is 5.32 Å². The molecule has 2 unspecified atom stereocenters. The fourth-order valence-corrected chi connectivity index (χ4v) is 2.43. The van der Waals surface area contributed by atoms with Gasteiger partial charge in [0.25, 0.3) is 0 Å². The van der Waals surface area contributed by atoms with E-state index in [9.17, 15) is 0 Å². The molecule has 0 amide bonds. The first-order valence-corrected chi connectivity index (χ1v) is 6.51. The molecule has 1 fully saturated rings. The smallest absolute Gasteiger partial charge is 0.0956 e. The van der Waals surface area contributed by atoms with E-state index in [0.717, 1.165) is 13.1 Å². The molecule has 1 aromatic carbocycles. The maximum absolute atomic E-state index is 6.19. The molecule has 1 N–H and O–H groups in total. The molecule has 0 bridgehead atoms. The molecule has 17 heavy (non-hydrogen) atoms. The van der Waals surface area contributed by atoms with Crippen molar-refractivity contribution in [1.29, 1.82) is 0 Å². The Morgan fingerprint density at radius 1 is 1.24 bits per heavy atom. The topological polar surface area (TPSA) is 21.3 Å². The van der Waals surface area contributed by atoms with Crippen LogP contribution in [-0.4, -0.2) is 19.2 Å². The average molecular weight is 233 g/mol. The van der Waals surface area contributed by atoms with E-state index in [1.807, 2.05) is 0 Å². The molecule has 1 aliphatic rings. The van der Waals surface area contributed by atoms with Crippen molar-refractivity contribution in [2.45, 2.75) is 39.9 Å². The minimum absolute atomic E-state index is 0.205. The van der Waals surface area contributed by atoms with Crippen molar-refractivity contribution in [3.05, 3.63) is 34.9 Å². The Labute approximate surface area is 104 Å². The summed E-state index contributed by atoms with van der Waals surface area (Å²) < 4.78 is 6.19. The Balaban J connectivity index is 2.16.